The number of nitrogens with zero attached hydrogens (tertiary/aromatic N) is 3. The van der Waals surface area contributed by atoms with Gasteiger partial charge >= 0.3 is 12.1 Å². The molecule has 0 spiro atoms. The number of aryl methyl sites for hydroxylation is 1. The quantitative estimate of drug-likeness (QED) is 0.513. The normalized spacial score (nSPS) is 11.7. The molecular formula is C22H16F3N3O2. The van der Waals surface area contributed by atoms with Gasteiger partial charge in [0, 0.05) is 29.4 Å². The van der Waals surface area contributed by atoms with Gasteiger partial charge in [0.1, 0.15) is 5.69 Å². The lowest BCUT2D eigenvalue weighted by molar-refractivity contribution is -0.137. The third-order valence-corrected chi connectivity index (χ3v) is 4.73. The fourth-order valence-electron chi connectivity index (χ4n) is 3.33. The van der Waals surface area contributed by atoms with E-state index in [0.29, 0.717) is 22.5 Å². The van der Waals surface area contributed by atoms with Gasteiger partial charge in [-0.15, -0.1) is 0 Å². The number of carboxylic acid groups (broad SMARTS) is 1. The summed E-state index contributed by atoms with van der Waals surface area (Å²) in [5.74, 6) is -1.15. The Labute approximate surface area is 169 Å². The van der Waals surface area contributed by atoms with Crippen molar-refractivity contribution in [2.45, 2.75) is 19.5 Å². The van der Waals surface area contributed by atoms with Crippen LogP contribution in [0.25, 0.3) is 16.8 Å². The highest BCUT2D eigenvalue weighted by Crippen LogP contribution is 2.34. The lowest BCUT2D eigenvalue weighted by Gasteiger charge is -2.09. The molecule has 0 aliphatic heterocycles. The van der Waals surface area contributed by atoms with Gasteiger partial charge in [-0.25, -0.2) is 14.3 Å². The number of carboxylic acids is 1. The summed E-state index contributed by atoms with van der Waals surface area (Å²) in [5, 5.41) is 13.7. The topological polar surface area (TPSA) is 67.5 Å². The Morgan fingerprint density at radius 2 is 1.87 bits per heavy atom. The smallest absolute Gasteiger partial charge is 0.416 e. The number of benzene rings is 1. The lowest BCUT2D eigenvalue weighted by atomic mass is 10.0. The average molecular weight is 411 g/mol. The lowest BCUT2D eigenvalue weighted by Crippen LogP contribution is -2.05. The Balaban J connectivity index is 1.88. The summed E-state index contributed by atoms with van der Waals surface area (Å²) < 4.78 is 41.3. The molecule has 5 nitrogen and oxygen atoms in total. The minimum Gasteiger partial charge on any atom is -0.477 e. The minimum atomic E-state index is -4.47. The highest BCUT2D eigenvalue weighted by molar-refractivity contribution is 5.85. The van der Waals surface area contributed by atoms with Gasteiger partial charge < -0.3 is 5.11 Å². The summed E-state index contributed by atoms with van der Waals surface area (Å²) in [7, 11) is 0. The SMILES string of the molecule is Cc1ccc2c(Cc3cccc(C(=O)O)n3)c(-c3cccc(C(F)(F)F)c3)nn2c1. The molecule has 0 unspecified atom stereocenters. The zero-order valence-corrected chi connectivity index (χ0v) is 15.8. The van der Waals surface area contributed by atoms with E-state index >= 15 is 0 Å². The molecule has 4 rings (SSSR count). The third-order valence-electron chi connectivity index (χ3n) is 4.73. The number of carbonyl (C=O) groups is 1. The zero-order chi connectivity index (χ0) is 21.5. The number of pyridine rings is 2. The molecule has 152 valence electrons. The molecule has 1 aromatic carbocycles. The number of halogens is 3. The summed E-state index contributed by atoms with van der Waals surface area (Å²) >= 11 is 0. The largest absolute Gasteiger partial charge is 0.477 e. The number of aromatic nitrogens is 3. The number of alkyl halides is 3. The predicted molar refractivity (Wildman–Crippen MR) is 104 cm³/mol. The van der Waals surface area contributed by atoms with Crippen molar-refractivity contribution in [2.75, 3.05) is 0 Å². The Morgan fingerprint density at radius 1 is 1.10 bits per heavy atom. The van der Waals surface area contributed by atoms with Gasteiger partial charge in [-0.2, -0.15) is 18.3 Å². The molecule has 8 heteroatoms. The molecule has 0 fully saturated rings. The van der Waals surface area contributed by atoms with E-state index in [4.69, 9.17) is 0 Å². The van der Waals surface area contributed by atoms with Crippen molar-refractivity contribution in [3.8, 4) is 11.3 Å². The van der Waals surface area contributed by atoms with Gasteiger partial charge in [0.15, 0.2) is 0 Å². The predicted octanol–water partition coefficient (Wildman–Crippen LogP) is 5.01. The number of hydrogen-bond acceptors (Lipinski definition) is 3. The van der Waals surface area contributed by atoms with Crippen molar-refractivity contribution in [3.63, 3.8) is 0 Å². The van der Waals surface area contributed by atoms with Crippen LogP contribution in [0.2, 0.25) is 0 Å². The van der Waals surface area contributed by atoms with Crippen LogP contribution in [-0.4, -0.2) is 25.7 Å². The minimum absolute atomic E-state index is 0.0968. The Bertz CT molecular complexity index is 1260. The number of aromatic carboxylic acids is 1. The van der Waals surface area contributed by atoms with Crippen LogP contribution in [0, 0.1) is 6.92 Å². The molecule has 1 N–H and O–H groups in total. The van der Waals surface area contributed by atoms with Crippen LogP contribution in [0.5, 0.6) is 0 Å². The van der Waals surface area contributed by atoms with Crippen molar-refractivity contribution in [1.82, 2.24) is 14.6 Å². The van der Waals surface area contributed by atoms with Crippen LogP contribution >= 0.6 is 0 Å². The van der Waals surface area contributed by atoms with Crippen LogP contribution in [0.1, 0.15) is 32.9 Å². The van der Waals surface area contributed by atoms with Crippen LogP contribution in [-0.2, 0) is 12.6 Å². The summed E-state index contributed by atoms with van der Waals surface area (Å²) in [6.45, 7) is 1.89. The molecule has 0 aliphatic rings. The Hall–Kier alpha value is -3.68. The van der Waals surface area contributed by atoms with Gasteiger partial charge in [0.05, 0.1) is 16.8 Å². The molecule has 3 heterocycles. The monoisotopic (exact) mass is 411 g/mol. The first-order chi connectivity index (χ1) is 14.2. The summed E-state index contributed by atoms with van der Waals surface area (Å²) in [6.07, 6.45) is -2.46. The maximum atomic E-state index is 13.2. The first-order valence-corrected chi connectivity index (χ1v) is 9.07. The van der Waals surface area contributed by atoms with Crippen molar-refractivity contribution in [3.05, 3.63) is 88.9 Å². The van der Waals surface area contributed by atoms with E-state index in [2.05, 4.69) is 10.1 Å². The van der Waals surface area contributed by atoms with Gasteiger partial charge in [-0.05, 0) is 42.8 Å². The second kappa shape index (κ2) is 7.29. The van der Waals surface area contributed by atoms with Crippen molar-refractivity contribution >= 4 is 11.5 Å². The summed E-state index contributed by atoms with van der Waals surface area (Å²) in [4.78, 5) is 15.4. The van der Waals surface area contributed by atoms with Gasteiger partial charge in [-0.1, -0.05) is 24.3 Å². The molecule has 0 radical (unpaired) electrons. The molecule has 3 aromatic heterocycles. The first-order valence-electron chi connectivity index (χ1n) is 9.07. The van der Waals surface area contributed by atoms with E-state index in [0.717, 1.165) is 23.2 Å². The average Bonchev–Trinajstić information content (AvgIpc) is 3.05. The van der Waals surface area contributed by atoms with Crippen LogP contribution in [0.4, 0.5) is 13.2 Å². The van der Waals surface area contributed by atoms with Gasteiger partial charge in [0.2, 0.25) is 0 Å². The van der Waals surface area contributed by atoms with E-state index in [-0.39, 0.29) is 12.1 Å². The Kier molecular flexibility index (Phi) is 4.77. The van der Waals surface area contributed by atoms with Crippen molar-refractivity contribution < 1.29 is 23.1 Å². The fraction of sp³-hybridized carbons (Fsp3) is 0.136. The third kappa shape index (κ3) is 3.76. The first kappa shape index (κ1) is 19.6. The molecule has 4 aromatic rings. The highest BCUT2D eigenvalue weighted by atomic mass is 19.4. The van der Waals surface area contributed by atoms with Crippen molar-refractivity contribution in [2.24, 2.45) is 0 Å². The van der Waals surface area contributed by atoms with Crippen LogP contribution in [0.3, 0.4) is 0 Å². The fourth-order valence-corrected chi connectivity index (χ4v) is 3.33. The number of hydrogen-bond donors (Lipinski definition) is 1. The maximum absolute atomic E-state index is 13.2. The highest BCUT2D eigenvalue weighted by Gasteiger charge is 2.31. The Morgan fingerprint density at radius 3 is 2.60 bits per heavy atom. The zero-order valence-electron chi connectivity index (χ0n) is 15.8. The summed E-state index contributed by atoms with van der Waals surface area (Å²) in [5.41, 5.74) is 2.69. The maximum Gasteiger partial charge on any atom is 0.416 e. The van der Waals surface area contributed by atoms with E-state index in [1.54, 1.807) is 28.9 Å². The van der Waals surface area contributed by atoms with Crippen LogP contribution < -0.4 is 0 Å². The van der Waals surface area contributed by atoms with Gasteiger partial charge in [0.25, 0.3) is 0 Å². The summed E-state index contributed by atoms with van der Waals surface area (Å²) in [6, 6.07) is 13.4. The van der Waals surface area contributed by atoms with E-state index in [1.165, 1.54) is 12.1 Å². The second-order valence-electron chi connectivity index (χ2n) is 6.94. The molecule has 0 saturated heterocycles. The molecule has 0 amide bonds. The molecular weight excluding hydrogens is 395 g/mol. The molecule has 0 atom stereocenters. The standard InChI is InChI=1S/C22H16F3N3O2/c1-13-8-9-19-17(11-16-6-3-7-18(26-16)21(29)30)20(27-28(19)12-13)14-4-2-5-15(10-14)22(23,24)25/h2-10,12H,11H2,1H3,(H,29,30). The molecule has 0 aliphatic carbocycles. The van der Waals surface area contributed by atoms with Gasteiger partial charge in [-0.3, -0.25) is 0 Å². The van der Waals surface area contributed by atoms with Crippen LogP contribution in [0.15, 0.2) is 60.8 Å². The van der Waals surface area contributed by atoms with E-state index < -0.39 is 17.7 Å². The van der Waals surface area contributed by atoms with E-state index in [9.17, 15) is 23.1 Å². The molecule has 30 heavy (non-hydrogen) atoms. The molecule has 0 saturated carbocycles. The van der Waals surface area contributed by atoms with Crippen molar-refractivity contribution in [1.29, 1.82) is 0 Å². The number of fused-ring (bicyclic) bond motifs is 1. The number of rotatable bonds is 4. The second-order valence-corrected chi connectivity index (χ2v) is 6.94. The molecule has 0 bridgehead atoms. The van der Waals surface area contributed by atoms with E-state index in [1.807, 2.05) is 19.1 Å².